The first-order valence-corrected chi connectivity index (χ1v) is 8.94. The van der Waals surface area contributed by atoms with Gasteiger partial charge in [-0.05, 0) is 22.8 Å². The maximum Gasteiger partial charge on any atom is 0.336 e. The van der Waals surface area contributed by atoms with Crippen LogP contribution in [0.4, 0.5) is 0 Å². The zero-order chi connectivity index (χ0) is 19.4. The molecule has 1 aliphatic rings. The lowest BCUT2D eigenvalue weighted by atomic mass is 10.0. The average Bonchev–Trinajstić information content (AvgIpc) is 3.47. The number of fused-ring (bicyclic) bond motifs is 1. The summed E-state index contributed by atoms with van der Waals surface area (Å²) in [7, 11) is 0. The summed E-state index contributed by atoms with van der Waals surface area (Å²) >= 11 is 0. The van der Waals surface area contributed by atoms with Gasteiger partial charge in [-0.25, -0.2) is 4.79 Å². The van der Waals surface area contributed by atoms with E-state index < -0.39 is 30.1 Å². The molecule has 27 heavy (non-hydrogen) atoms. The summed E-state index contributed by atoms with van der Waals surface area (Å²) in [4.78, 5) is 35.4. The molecule has 0 saturated carbocycles. The Kier molecular flexibility index (Phi) is 5.71. The van der Waals surface area contributed by atoms with Crippen molar-refractivity contribution in [3.63, 3.8) is 0 Å². The summed E-state index contributed by atoms with van der Waals surface area (Å²) in [5.74, 6) is -2.05. The molecule has 0 aromatic heterocycles. The van der Waals surface area contributed by atoms with E-state index in [4.69, 9.17) is 9.84 Å². The van der Waals surface area contributed by atoms with Gasteiger partial charge in [0.05, 0.1) is 0 Å². The first kappa shape index (κ1) is 18.8. The van der Waals surface area contributed by atoms with Crippen LogP contribution < -0.4 is 10.6 Å². The van der Waals surface area contributed by atoms with Gasteiger partial charge < -0.3 is 20.5 Å². The molecule has 1 heterocycles. The third-order valence-electron chi connectivity index (χ3n) is 4.54. The molecule has 3 atom stereocenters. The average molecular weight is 370 g/mol. The highest BCUT2D eigenvalue weighted by Crippen LogP contribution is 2.22. The lowest BCUT2D eigenvalue weighted by molar-refractivity contribution is -0.138. The van der Waals surface area contributed by atoms with Gasteiger partial charge >= 0.3 is 5.97 Å². The van der Waals surface area contributed by atoms with Crippen LogP contribution in [0.1, 0.15) is 25.3 Å². The topological polar surface area (TPSA) is 108 Å². The number of hydrogen-bond acceptors (Lipinski definition) is 4. The van der Waals surface area contributed by atoms with Crippen LogP contribution >= 0.6 is 0 Å². The van der Waals surface area contributed by atoms with Gasteiger partial charge in [0.15, 0.2) is 12.2 Å². The first-order chi connectivity index (χ1) is 13.0. The number of hydrogen-bond donors (Lipinski definition) is 3. The maximum absolute atomic E-state index is 12.6. The Morgan fingerprint density at radius 2 is 1.85 bits per heavy atom. The van der Waals surface area contributed by atoms with Crippen molar-refractivity contribution in [2.45, 2.75) is 44.6 Å². The number of rotatable bonds is 8. The Bertz CT molecular complexity index is 861. The molecule has 1 saturated heterocycles. The second-order valence-corrected chi connectivity index (χ2v) is 6.52. The van der Waals surface area contributed by atoms with E-state index in [1.807, 2.05) is 49.4 Å². The zero-order valence-electron chi connectivity index (χ0n) is 15.0. The SMILES string of the molecule is CCC[C@H](NC(=O)C1O[C@H]1C(=O)O)C(=O)NCc1cccc2ccccc12. The normalized spacial score (nSPS) is 19.3. The number of nitrogens with one attached hydrogen (secondary N) is 2. The van der Waals surface area contributed by atoms with E-state index in [0.717, 1.165) is 16.3 Å². The molecule has 2 aromatic rings. The minimum atomic E-state index is -1.18. The Morgan fingerprint density at radius 3 is 2.56 bits per heavy atom. The molecule has 3 N–H and O–H groups in total. The van der Waals surface area contributed by atoms with Crippen LogP contribution in [0, 0.1) is 0 Å². The molecule has 0 bridgehead atoms. The molecule has 0 spiro atoms. The Labute approximate surface area is 156 Å². The zero-order valence-corrected chi connectivity index (χ0v) is 15.0. The number of aliphatic carboxylic acids is 1. The van der Waals surface area contributed by atoms with Crippen molar-refractivity contribution in [3.8, 4) is 0 Å². The van der Waals surface area contributed by atoms with Crippen molar-refractivity contribution in [2.75, 3.05) is 0 Å². The molecule has 3 rings (SSSR count). The molecular weight excluding hydrogens is 348 g/mol. The standard InChI is InChI=1S/C20H22N2O5/c1-2-6-15(22-19(24)16-17(27-16)20(25)26)18(23)21-11-13-9-5-8-12-7-3-4-10-14(12)13/h3-5,7-10,15-17H,2,6,11H2,1H3,(H,21,23)(H,22,24)(H,25,26)/t15-,16?,17+/m0/s1. The summed E-state index contributed by atoms with van der Waals surface area (Å²) in [6, 6.07) is 13.1. The van der Waals surface area contributed by atoms with E-state index in [9.17, 15) is 14.4 Å². The molecule has 7 nitrogen and oxygen atoms in total. The Balaban J connectivity index is 1.61. The summed E-state index contributed by atoms with van der Waals surface area (Å²) in [5.41, 5.74) is 0.986. The highest BCUT2D eigenvalue weighted by Gasteiger charge is 2.51. The fourth-order valence-electron chi connectivity index (χ4n) is 3.06. The second kappa shape index (κ2) is 8.18. The molecule has 2 aromatic carbocycles. The van der Waals surface area contributed by atoms with Gasteiger partial charge in [-0.3, -0.25) is 9.59 Å². The number of epoxide rings is 1. The number of carbonyl (C=O) groups is 3. The predicted molar refractivity (Wildman–Crippen MR) is 98.9 cm³/mol. The Morgan fingerprint density at radius 1 is 1.11 bits per heavy atom. The lowest BCUT2D eigenvalue weighted by Gasteiger charge is -2.18. The van der Waals surface area contributed by atoms with Crippen molar-refractivity contribution in [3.05, 3.63) is 48.0 Å². The van der Waals surface area contributed by atoms with Gasteiger partial charge in [-0.1, -0.05) is 55.8 Å². The monoisotopic (exact) mass is 370 g/mol. The van der Waals surface area contributed by atoms with Crippen LogP contribution in [0.3, 0.4) is 0 Å². The van der Waals surface area contributed by atoms with Gasteiger partial charge in [-0.2, -0.15) is 0 Å². The molecule has 142 valence electrons. The summed E-state index contributed by atoms with van der Waals surface area (Å²) in [5, 5.41) is 16.4. The van der Waals surface area contributed by atoms with E-state index >= 15 is 0 Å². The minimum Gasteiger partial charge on any atom is -0.479 e. The quantitative estimate of drug-likeness (QED) is 0.612. The van der Waals surface area contributed by atoms with Crippen molar-refractivity contribution >= 4 is 28.6 Å². The van der Waals surface area contributed by atoms with Crippen LogP contribution in [0.2, 0.25) is 0 Å². The summed E-state index contributed by atoms with van der Waals surface area (Å²) in [6.07, 6.45) is -0.989. The van der Waals surface area contributed by atoms with Crippen molar-refractivity contribution in [2.24, 2.45) is 0 Å². The van der Waals surface area contributed by atoms with Crippen LogP contribution in [0.25, 0.3) is 10.8 Å². The third kappa shape index (κ3) is 4.43. The van der Waals surface area contributed by atoms with Crippen LogP contribution in [-0.2, 0) is 25.7 Å². The first-order valence-electron chi connectivity index (χ1n) is 8.94. The van der Waals surface area contributed by atoms with Gasteiger partial charge in [0.25, 0.3) is 5.91 Å². The van der Waals surface area contributed by atoms with E-state index in [1.54, 1.807) is 0 Å². The summed E-state index contributed by atoms with van der Waals surface area (Å²) in [6.45, 7) is 2.25. The van der Waals surface area contributed by atoms with Gasteiger partial charge in [-0.15, -0.1) is 0 Å². The highest BCUT2D eigenvalue weighted by molar-refractivity contribution is 5.95. The van der Waals surface area contributed by atoms with Crippen molar-refractivity contribution < 1.29 is 24.2 Å². The van der Waals surface area contributed by atoms with E-state index in [2.05, 4.69) is 10.6 Å². The van der Waals surface area contributed by atoms with Gasteiger partial charge in [0.1, 0.15) is 6.04 Å². The molecule has 1 fully saturated rings. The molecule has 2 amide bonds. The molecule has 0 aliphatic carbocycles. The number of benzene rings is 2. The van der Waals surface area contributed by atoms with Gasteiger partial charge in [0, 0.05) is 6.54 Å². The molecule has 1 unspecified atom stereocenters. The number of amides is 2. The van der Waals surface area contributed by atoms with Crippen LogP contribution in [-0.4, -0.2) is 41.1 Å². The van der Waals surface area contributed by atoms with Gasteiger partial charge in [0.2, 0.25) is 5.91 Å². The maximum atomic E-state index is 12.6. The molecular formula is C20H22N2O5. The number of carboxylic acid groups (broad SMARTS) is 1. The highest BCUT2D eigenvalue weighted by atomic mass is 16.6. The molecule has 1 aliphatic heterocycles. The largest absolute Gasteiger partial charge is 0.479 e. The predicted octanol–water partition coefficient (Wildman–Crippen LogP) is 1.59. The second-order valence-electron chi connectivity index (χ2n) is 6.52. The van der Waals surface area contributed by atoms with Crippen LogP contribution in [0.15, 0.2) is 42.5 Å². The van der Waals surface area contributed by atoms with E-state index in [0.29, 0.717) is 19.4 Å². The third-order valence-corrected chi connectivity index (χ3v) is 4.54. The minimum absolute atomic E-state index is 0.300. The van der Waals surface area contributed by atoms with E-state index in [-0.39, 0.29) is 5.91 Å². The fraction of sp³-hybridized carbons (Fsp3) is 0.350. The molecule has 7 heteroatoms. The smallest absolute Gasteiger partial charge is 0.336 e. The summed E-state index contributed by atoms with van der Waals surface area (Å²) < 4.78 is 4.83. The van der Waals surface area contributed by atoms with E-state index in [1.165, 1.54) is 0 Å². The number of carboxylic acids is 1. The number of carbonyl (C=O) groups excluding carboxylic acids is 2. The van der Waals surface area contributed by atoms with Crippen molar-refractivity contribution in [1.29, 1.82) is 0 Å². The number of ether oxygens (including phenoxy) is 1. The molecule has 0 radical (unpaired) electrons. The van der Waals surface area contributed by atoms with Crippen LogP contribution in [0.5, 0.6) is 0 Å². The van der Waals surface area contributed by atoms with Crippen molar-refractivity contribution in [1.82, 2.24) is 10.6 Å². The Hall–Kier alpha value is -2.93. The lowest BCUT2D eigenvalue weighted by Crippen LogP contribution is -2.48. The fourth-order valence-corrected chi connectivity index (χ4v) is 3.06.